The molecule has 0 aliphatic carbocycles. The normalized spacial score (nSPS) is 17.4. The van der Waals surface area contributed by atoms with Gasteiger partial charge in [0.1, 0.15) is 0 Å². The molecule has 1 aliphatic rings. The first-order valence-electron chi connectivity index (χ1n) is 5.02. The highest BCUT2D eigenvalue weighted by Gasteiger charge is 2.32. The molecule has 7 heteroatoms. The molecule has 0 saturated carbocycles. The molecule has 17 heavy (non-hydrogen) atoms. The van der Waals surface area contributed by atoms with E-state index in [-0.39, 0.29) is 18.1 Å². The van der Waals surface area contributed by atoms with Gasteiger partial charge >= 0.3 is 6.18 Å². The molecule has 0 atom stereocenters. The van der Waals surface area contributed by atoms with Gasteiger partial charge < -0.3 is 10.2 Å². The summed E-state index contributed by atoms with van der Waals surface area (Å²) in [6.45, 7) is 1.04. The number of pyridine rings is 1. The molecule has 0 unspecified atom stereocenters. The number of amides is 1. The highest BCUT2D eigenvalue weighted by Crippen LogP contribution is 2.30. The SMILES string of the molecule is O=C1CNCCN1c1cncc(C(F)(F)F)c1. The molecule has 1 aliphatic heterocycles. The molecule has 92 valence electrons. The van der Waals surface area contributed by atoms with Gasteiger partial charge in [0.05, 0.1) is 24.0 Å². The van der Waals surface area contributed by atoms with Crippen molar-refractivity contribution in [1.82, 2.24) is 10.3 Å². The van der Waals surface area contributed by atoms with E-state index >= 15 is 0 Å². The lowest BCUT2D eigenvalue weighted by Crippen LogP contribution is -2.48. The Morgan fingerprint density at radius 3 is 2.76 bits per heavy atom. The summed E-state index contributed by atoms with van der Waals surface area (Å²) in [5.74, 6) is -0.252. The van der Waals surface area contributed by atoms with Crippen molar-refractivity contribution < 1.29 is 18.0 Å². The van der Waals surface area contributed by atoms with Gasteiger partial charge in [0, 0.05) is 19.3 Å². The largest absolute Gasteiger partial charge is 0.417 e. The fourth-order valence-electron chi connectivity index (χ4n) is 1.61. The summed E-state index contributed by atoms with van der Waals surface area (Å²) in [6, 6.07) is 0.941. The molecule has 4 nitrogen and oxygen atoms in total. The lowest BCUT2D eigenvalue weighted by Gasteiger charge is -2.27. The monoisotopic (exact) mass is 245 g/mol. The molecule has 2 rings (SSSR count). The Hall–Kier alpha value is -1.63. The van der Waals surface area contributed by atoms with Crippen molar-refractivity contribution in [1.29, 1.82) is 0 Å². The molecule has 1 N–H and O–H groups in total. The lowest BCUT2D eigenvalue weighted by molar-refractivity contribution is -0.137. The number of alkyl halides is 3. The van der Waals surface area contributed by atoms with Gasteiger partial charge in [0.25, 0.3) is 0 Å². The van der Waals surface area contributed by atoms with Gasteiger partial charge in [-0.25, -0.2) is 0 Å². The molecular weight excluding hydrogens is 235 g/mol. The standard InChI is InChI=1S/C10H10F3N3O/c11-10(12,13)7-3-8(5-15-4-7)16-2-1-14-6-9(16)17/h3-5,14H,1-2,6H2. The van der Waals surface area contributed by atoms with Crippen LogP contribution in [0.4, 0.5) is 18.9 Å². The second kappa shape index (κ2) is 4.33. The first-order valence-corrected chi connectivity index (χ1v) is 5.02. The second-order valence-corrected chi connectivity index (χ2v) is 3.65. The van der Waals surface area contributed by atoms with Crippen LogP contribution in [0.15, 0.2) is 18.5 Å². The van der Waals surface area contributed by atoms with Crippen molar-refractivity contribution in [2.24, 2.45) is 0 Å². The fourth-order valence-corrected chi connectivity index (χ4v) is 1.61. The number of nitrogens with zero attached hydrogens (tertiary/aromatic N) is 2. The van der Waals surface area contributed by atoms with Crippen LogP contribution in [0, 0.1) is 0 Å². The summed E-state index contributed by atoms with van der Waals surface area (Å²) in [6.07, 6.45) is -2.44. The summed E-state index contributed by atoms with van der Waals surface area (Å²) in [4.78, 5) is 16.3. The van der Waals surface area contributed by atoms with Gasteiger partial charge in [0.2, 0.25) is 5.91 Å². The first kappa shape index (κ1) is 11.8. The number of piperazine rings is 1. The highest BCUT2D eigenvalue weighted by molar-refractivity contribution is 5.95. The summed E-state index contributed by atoms with van der Waals surface area (Å²) in [5.41, 5.74) is -0.660. The van der Waals surface area contributed by atoms with Crippen LogP contribution in [0.3, 0.4) is 0 Å². The number of nitrogens with one attached hydrogen (secondary N) is 1. The van der Waals surface area contributed by atoms with Crippen molar-refractivity contribution in [3.8, 4) is 0 Å². The average molecular weight is 245 g/mol. The predicted octanol–water partition coefficient (Wildman–Crippen LogP) is 1.04. The maximum Gasteiger partial charge on any atom is 0.417 e. The van der Waals surface area contributed by atoms with Gasteiger partial charge in [0.15, 0.2) is 0 Å². The minimum Gasteiger partial charge on any atom is -0.308 e. The Morgan fingerprint density at radius 1 is 1.35 bits per heavy atom. The lowest BCUT2D eigenvalue weighted by atomic mass is 10.2. The quantitative estimate of drug-likeness (QED) is 0.804. The van der Waals surface area contributed by atoms with E-state index in [4.69, 9.17) is 0 Å². The Labute approximate surface area is 95.4 Å². The molecule has 0 spiro atoms. The zero-order valence-corrected chi connectivity index (χ0v) is 8.79. The van der Waals surface area contributed by atoms with Gasteiger partial charge in [-0.05, 0) is 6.07 Å². The number of rotatable bonds is 1. The summed E-state index contributed by atoms with van der Waals surface area (Å²) >= 11 is 0. The Kier molecular flexibility index (Phi) is 3.01. The first-order chi connectivity index (χ1) is 7.98. The van der Waals surface area contributed by atoms with Crippen molar-refractivity contribution in [2.45, 2.75) is 6.18 Å². The molecular formula is C10H10F3N3O. The maximum atomic E-state index is 12.5. The predicted molar refractivity (Wildman–Crippen MR) is 54.5 cm³/mol. The minimum absolute atomic E-state index is 0.135. The second-order valence-electron chi connectivity index (χ2n) is 3.65. The maximum absolute atomic E-state index is 12.5. The van der Waals surface area contributed by atoms with Crippen LogP contribution in [0.5, 0.6) is 0 Å². The van der Waals surface area contributed by atoms with E-state index in [1.54, 1.807) is 0 Å². The molecule has 1 fully saturated rings. The van der Waals surface area contributed by atoms with Crippen LogP contribution in [0.1, 0.15) is 5.56 Å². The molecule has 1 aromatic rings. The number of carbonyl (C=O) groups excluding carboxylic acids is 1. The molecule has 0 radical (unpaired) electrons. The van der Waals surface area contributed by atoms with Gasteiger partial charge in [-0.2, -0.15) is 13.2 Å². The van der Waals surface area contributed by atoms with Gasteiger partial charge in [-0.3, -0.25) is 9.78 Å². The van der Waals surface area contributed by atoms with Gasteiger partial charge in [-0.1, -0.05) is 0 Å². The van der Waals surface area contributed by atoms with E-state index in [9.17, 15) is 18.0 Å². The highest BCUT2D eigenvalue weighted by atomic mass is 19.4. The number of hydrogen-bond donors (Lipinski definition) is 1. The summed E-state index contributed by atoms with van der Waals surface area (Å²) in [5, 5.41) is 2.85. The Morgan fingerprint density at radius 2 is 2.12 bits per heavy atom. The third kappa shape index (κ3) is 2.55. The molecule has 2 heterocycles. The van der Waals surface area contributed by atoms with Crippen LogP contribution in [-0.2, 0) is 11.0 Å². The van der Waals surface area contributed by atoms with Crippen molar-refractivity contribution in [2.75, 3.05) is 24.5 Å². The number of halogens is 3. The Balaban J connectivity index is 2.29. The molecule has 0 aromatic carbocycles. The van der Waals surface area contributed by atoms with E-state index < -0.39 is 11.7 Å². The van der Waals surface area contributed by atoms with Crippen LogP contribution in [0.2, 0.25) is 0 Å². The third-order valence-electron chi connectivity index (χ3n) is 2.45. The van der Waals surface area contributed by atoms with Gasteiger partial charge in [-0.15, -0.1) is 0 Å². The molecule has 1 saturated heterocycles. The number of anilines is 1. The van der Waals surface area contributed by atoms with E-state index in [0.717, 1.165) is 12.3 Å². The molecule has 0 bridgehead atoms. The van der Waals surface area contributed by atoms with Crippen molar-refractivity contribution >= 4 is 11.6 Å². The number of carbonyl (C=O) groups is 1. The van der Waals surface area contributed by atoms with Crippen LogP contribution in [-0.4, -0.2) is 30.5 Å². The number of aromatic nitrogens is 1. The summed E-state index contributed by atoms with van der Waals surface area (Å²) < 4.78 is 37.4. The molecule has 1 aromatic heterocycles. The fraction of sp³-hybridized carbons (Fsp3) is 0.400. The Bertz CT molecular complexity index is 433. The van der Waals surface area contributed by atoms with Crippen molar-refractivity contribution in [3.05, 3.63) is 24.0 Å². The number of hydrogen-bond acceptors (Lipinski definition) is 3. The van der Waals surface area contributed by atoms with E-state index in [1.807, 2.05) is 0 Å². The van der Waals surface area contributed by atoms with Crippen LogP contribution < -0.4 is 10.2 Å². The minimum atomic E-state index is -4.44. The topological polar surface area (TPSA) is 45.2 Å². The third-order valence-corrected chi connectivity index (χ3v) is 2.45. The van der Waals surface area contributed by atoms with E-state index in [2.05, 4.69) is 10.3 Å². The smallest absolute Gasteiger partial charge is 0.308 e. The average Bonchev–Trinajstić information content (AvgIpc) is 2.29. The molecule has 1 amide bonds. The van der Waals surface area contributed by atoms with Crippen LogP contribution in [0.25, 0.3) is 0 Å². The summed E-state index contributed by atoms with van der Waals surface area (Å²) in [7, 11) is 0. The zero-order valence-electron chi connectivity index (χ0n) is 8.79. The van der Waals surface area contributed by atoms with Crippen molar-refractivity contribution in [3.63, 3.8) is 0 Å². The van der Waals surface area contributed by atoms with E-state index in [1.165, 1.54) is 11.1 Å². The van der Waals surface area contributed by atoms with E-state index in [0.29, 0.717) is 13.1 Å². The van der Waals surface area contributed by atoms with Crippen LogP contribution >= 0.6 is 0 Å². The zero-order chi connectivity index (χ0) is 12.5.